The normalized spacial score (nSPS) is 20.0. The number of amides is 4. The second kappa shape index (κ2) is 10.4. The molecule has 1 fully saturated rings. The molecule has 0 radical (unpaired) electrons. The predicted octanol–water partition coefficient (Wildman–Crippen LogP) is -0.0863. The number of carbonyl (C=O) groups is 5. The van der Waals surface area contributed by atoms with Crippen molar-refractivity contribution in [2.75, 3.05) is 18.9 Å². The van der Waals surface area contributed by atoms with Crippen LogP contribution in [0.3, 0.4) is 0 Å². The first-order valence-electron chi connectivity index (χ1n) is 9.53. The van der Waals surface area contributed by atoms with E-state index in [0.29, 0.717) is 4.88 Å². The van der Waals surface area contributed by atoms with Gasteiger partial charge in [0.1, 0.15) is 36.3 Å². The first kappa shape index (κ1) is 24.1. The lowest BCUT2D eigenvalue weighted by Crippen LogP contribution is -2.71. The number of hydrogen-bond acceptors (Lipinski definition) is 9. The fraction of sp³-hybridized carbons (Fsp3) is 0.368. The molecule has 1 aromatic rings. The van der Waals surface area contributed by atoms with Gasteiger partial charge in [0.05, 0.1) is 6.07 Å². The highest BCUT2D eigenvalue weighted by Gasteiger charge is 2.54. The van der Waals surface area contributed by atoms with E-state index < -0.39 is 47.2 Å². The smallest absolute Gasteiger partial charge is 0.352 e. The zero-order chi connectivity index (χ0) is 24.1. The number of nitriles is 1. The molecule has 2 aliphatic heterocycles. The number of esters is 1. The van der Waals surface area contributed by atoms with Gasteiger partial charge in [-0.15, -0.1) is 23.1 Å². The first-order valence-corrected chi connectivity index (χ1v) is 11.5. The largest absolute Gasteiger partial charge is 0.477 e. The third-order valence-electron chi connectivity index (χ3n) is 4.69. The summed E-state index contributed by atoms with van der Waals surface area (Å²) in [6.07, 6.45) is 0. The minimum Gasteiger partial charge on any atom is -0.477 e. The zero-order valence-electron chi connectivity index (χ0n) is 17.2. The molecule has 0 aliphatic carbocycles. The lowest BCUT2D eigenvalue weighted by Gasteiger charge is -2.49. The van der Waals surface area contributed by atoms with Crippen molar-refractivity contribution in [1.82, 2.24) is 20.9 Å². The molecule has 0 spiro atoms. The quantitative estimate of drug-likeness (QED) is 0.219. The van der Waals surface area contributed by atoms with Crippen molar-refractivity contribution >= 4 is 52.9 Å². The highest BCUT2D eigenvalue weighted by molar-refractivity contribution is 8.00. The number of urea groups is 1. The number of carboxylic acid groups (broad SMARTS) is 1. The van der Waals surface area contributed by atoms with Gasteiger partial charge in [-0.1, -0.05) is 6.07 Å². The number of aliphatic carboxylic acids is 1. The van der Waals surface area contributed by atoms with Crippen LogP contribution in [0.25, 0.3) is 0 Å². The second-order valence-corrected chi connectivity index (χ2v) is 8.95. The van der Waals surface area contributed by atoms with Crippen LogP contribution in [0.4, 0.5) is 4.79 Å². The average Bonchev–Trinajstić information content (AvgIpc) is 3.31. The van der Waals surface area contributed by atoms with Crippen LogP contribution in [0.5, 0.6) is 0 Å². The summed E-state index contributed by atoms with van der Waals surface area (Å²) in [6, 6.07) is 2.23. The number of rotatable bonds is 8. The van der Waals surface area contributed by atoms with Crippen LogP contribution < -0.4 is 16.0 Å². The molecule has 3 rings (SSSR count). The number of nitrogens with one attached hydrogen (secondary N) is 3. The Morgan fingerprint density at radius 1 is 1.39 bits per heavy atom. The molecular weight excluding hydrogens is 474 g/mol. The number of hydrogen-bond donors (Lipinski definition) is 4. The van der Waals surface area contributed by atoms with E-state index in [1.54, 1.807) is 23.6 Å². The molecular formula is C19H19N5O7S2. The van der Waals surface area contributed by atoms with Crippen LogP contribution in [-0.2, 0) is 23.9 Å². The number of ether oxygens (including phenoxy) is 1. The van der Waals surface area contributed by atoms with Crippen LogP contribution >= 0.6 is 23.1 Å². The van der Waals surface area contributed by atoms with E-state index in [4.69, 9.17) is 10.00 Å². The van der Waals surface area contributed by atoms with Gasteiger partial charge >= 0.3 is 18.0 Å². The van der Waals surface area contributed by atoms with Crippen LogP contribution in [0, 0.1) is 11.3 Å². The molecule has 1 saturated heterocycles. The maximum atomic E-state index is 13.0. The van der Waals surface area contributed by atoms with Crippen molar-refractivity contribution < 1.29 is 33.8 Å². The maximum absolute atomic E-state index is 13.0. The Hall–Kier alpha value is -3.57. The van der Waals surface area contributed by atoms with Gasteiger partial charge in [0, 0.05) is 23.1 Å². The third kappa shape index (κ3) is 5.26. The number of thiophene rings is 1. The Morgan fingerprint density at radius 2 is 2.15 bits per heavy atom. The van der Waals surface area contributed by atoms with Crippen molar-refractivity contribution in [2.45, 2.75) is 24.4 Å². The minimum atomic E-state index is -1.34. The van der Waals surface area contributed by atoms with Crippen molar-refractivity contribution in [2.24, 2.45) is 0 Å². The number of thioether (sulfide) groups is 1. The molecule has 4 N–H and O–H groups in total. The van der Waals surface area contributed by atoms with Gasteiger partial charge in [0.25, 0.3) is 5.91 Å². The van der Waals surface area contributed by atoms with Crippen LogP contribution in [0.15, 0.2) is 28.8 Å². The predicted molar refractivity (Wildman–Crippen MR) is 116 cm³/mol. The van der Waals surface area contributed by atoms with Gasteiger partial charge < -0.3 is 25.8 Å². The fourth-order valence-electron chi connectivity index (χ4n) is 3.24. The molecule has 2 aliphatic rings. The number of β-lactam (4-membered cyclic amide) rings is 1. The van der Waals surface area contributed by atoms with Crippen molar-refractivity contribution in [3.8, 4) is 6.07 Å². The highest BCUT2D eigenvalue weighted by atomic mass is 32.2. The molecule has 33 heavy (non-hydrogen) atoms. The van der Waals surface area contributed by atoms with Crippen molar-refractivity contribution in [1.29, 1.82) is 5.26 Å². The molecule has 1 aromatic heterocycles. The topological polar surface area (TPSA) is 178 Å². The first-order chi connectivity index (χ1) is 15.7. The van der Waals surface area contributed by atoms with Gasteiger partial charge in [-0.3, -0.25) is 19.3 Å². The van der Waals surface area contributed by atoms with Gasteiger partial charge in [0.15, 0.2) is 0 Å². The van der Waals surface area contributed by atoms with Crippen molar-refractivity contribution in [3.63, 3.8) is 0 Å². The van der Waals surface area contributed by atoms with E-state index >= 15 is 0 Å². The Balaban J connectivity index is 1.73. The highest BCUT2D eigenvalue weighted by Crippen LogP contribution is 2.40. The van der Waals surface area contributed by atoms with E-state index in [1.807, 2.05) is 0 Å². The van der Waals surface area contributed by atoms with Crippen LogP contribution in [0.2, 0.25) is 0 Å². The SMILES string of the molecule is CC(=O)OCC1=C(C(=O)O)N2C(=O)[C@H](NC(=O)C(NC(=O)NCC#N)c3cccs3)C2SC1. The maximum Gasteiger partial charge on any atom is 0.352 e. The minimum absolute atomic E-state index is 0.193. The van der Waals surface area contributed by atoms with Crippen molar-refractivity contribution in [3.05, 3.63) is 33.7 Å². The van der Waals surface area contributed by atoms with Crippen LogP contribution in [0.1, 0.15) is 17.8 Å². The summed E-state index contributed by atoms with van der Waals surface area (Å²) in [5.41, 5.74) is 0.0173. The molecule has 0 aromatic carbocycles. The van der Waals surface area contributed by atoms with Gasteiger partial charge in [-0.25, -0.2) is 9.59 Å². The Morgan fingerprint density at radius 3 is 2.76 bits per heavy atom. The number of carbonyl (C=O) groups excluding carboxylic acids is 4. The average molecular weight is 494 g/mol. The van der Waals surface area contributed by atoms with Gasteiger partial charge in [-0.05, 0) is 11.4 Å². The number of fused-ring (bicyclic) bond motifs is 1. The summed E-state index contributed by atoms with van der Waals surface area (Å²) >= 11 is 2.45. The number of carboxylic acids is 1. The van der Waals surface area contributed by atoms with E-state index in [0.717, 1.165) is 4.90 Å². The number of nitrogens with zero attached hydrogens (tertiary/aromatic N) is 2. The summed E-state index contributed by atoms with van der Waals surface area (Å²) in [7, 11) is 0. The standard InChI is InChI=1S/C19H19N5O7S2/c1-9(25)31-7-10-8-33-17-13(16(27)24(17)14(10)18(28)29)22-15(26)12(11-3-2-6-32-11)23-19(30)21-5-4-20/h2-3,6,12-13,17H,5,7-8H2,1H3,(H,22,26)(H,28,29)(H2,21,23,30)/t12?,13-,17?/m0/s1. The fourth-order valence-corrected chi connectivity index (χ4v) is 5.34. The molecule has 0 saturated carbocycles. The molecule has 0 bridgehead atoms. The van der Waals surface area contributed by atoms with E-state index in [-0.39, 0.29) is 30.2 Å². The second-order valence-electron chi connectivity index (χ2n) is 6.87. The monoisotopic (exact) mass is 493 g/mol. The molecule has 14 heteroatoms. The summed E-state index contributed by atoms with van der Waals surface area (Å²) in [6.45, 7) is 0.692. The Labute approximate surface area is 195 Å². The molecule has 12 nitrogen and oxygen atoms in total. The molecule has 2 unspecified atom stereocenters. The summed E-state index contributed by atoms with van der Waals surface area (Å²) < 4.78 is 4.89. The van der Waals surface area contributed by atoms with E-state index in [2.05, 4.69) is 16.0 Å². The molecule has 3 heterocycles. The van der Waals surface area contributed by atoms with Gasteiger partial charge in [-0.2, -0.15) is 5.26 Å². The lowest BCUT2D eigenvalue weighted by atomic mass is 10.0. The Kier molecular flexibility index (Phi) is 7.56. The van der Waals surface area contributed by atoms with Gasteiger partial charge in [0.2, 0.25) is 5.91 Å². The zero-order valence-corrected chi connectivity index (χ0v) is 18.8. The lowest BCUT2D eigenvalue weighted by molar-refractivity contribution is -0.151. The summed E-state index contributed by atoms with van der Waals surface area (Å²) in [4.78, 5) is 62.1. The summed E-state index contributed by atoms with van der Waals surface area (Å²) in [5.74, 6) is -3.01. The summed E-state index contributed by atoms with van der Waals surface area (Å²) in [5, 5.41) is 26.6. The van der Waals surface area contributed by atoms with Crippen LogP contribution in [-0.4, -0.2) is 70.1 Å². The van der Waals surface area contributed by atoms with E-state index in [1.165, 1.54) is 30.0 Å². The Bertz CT molecular complexity index is 1050. The third-order valence-corrected chi connectivity index (χ3v) is 6.97. The molecule has 4 amide bonds. The molecule has 3 atom stereocenters. The molecule has 174 valence electrons. The van der Waals surface area contributed by atoms with E-state index in [9.17, 15) is 29.1 Å².